The van der Waals surface area contributed by atoms with Gasteiger partial charge in [-0.15, -0.1) is 4.57 Å². The normalized spacial score (nSPS) is 13.1. The van der Waals surface area contributed by atoms with Crippen LogP contribution in [-0.2, 0) is 5.91 Å². The SMILES string of the molecule is Cc1ccc2cccc(OC(C)(Oc3ccccc3)[n+]3c(C)ccc4cccc(O)c43)c2n1. The first-order valence-corrected chi connectivity index (χ1v) is 10.9. The van der Waals surface area contributed by atoms with Gasteiger partial charge in [0.05, 0.1) is 12.3 Å². The monoisotopic (exact) mass is 437 g/mol. The first-order valence-electron chi connectivity index (χ1n) is 10.9. The average molecular weight is 438 g/mol. The molecule has 0 saturated carbocycles. The third-order valence-corrected chi connectivity index (χ3v) is 5.70. The summed E-state index contributed by atoms with van der Waals surface area (Å²) in [4.78, 5) is 4.72. The second kappa shape index (κ2) is 8.10. The van der Waals surface area contributed by atoms with Crippen LogP contribution in [0.5, 0.6) is 17.2 Å². The second-order valence-corrected chi connectivity index (χ2v) is 8.22. The van der Waals surface area contributed by atoms with E-state index in [0.717, 1.165) is 27.7 Å². The Morgan fingerprint density at radius 1 is 0.758 bits per heavy atom. The van der Waals surface area contributed by atoms with Crippen molar-refractivity contribution in [3.8, 4) is 17.2 Å². The molecule has 1 atom stereocenters. The van der Waals surface area contributed by atoms with E-state index in [0.29, 0.717) is 17.0 Å². The van der Waals surface area contributed by atoms with Gasteiger partial charge < -0.3 is 14.6 Å². The lowest BCUT2D eigenvalue weighted by molar-refractivity contribution is -0.818. The number of phenols is 1. The van der Waals surface area contributed by atoms with E-state index in [2.05, 4.69) is 0 Å². The summed E-state index contributed by atoms with van der Waals surface area (Å²) in [5, 5.41) is 12.7. The van der Waals surface area contributed by atoms with Crippen molar-refractivity contribution < 1.29 is 19.1 Å². The summed E-state index contributed by atoms with van der Waals surface area (Å²) in [6.45, 7) is 5.78. The number of hydrogen-bond acceptors (Lipinski definition) is 4. The van der Waals surface area contributed by atoms with Crippen molar-refractivity contribution in [3.63, 3.8) is 0 Å². The molecule has 0 aliphatic rings. The molecule has 164 valence electrons. The molecule has 5 aromatic rings. The molecule has 1 N–H and O–H groups in total. The molecular formula is C28H25N2O3+. The highest BCUT2D eigenvalue weighted by Crippen LogP contribution is 2.32. The molecule has 5 rings (SSSR count). The smallest absolute Gasteiger partial charge is 0.474 e. The first-order chi connectivity index (χ1) is 15.9. The lowest BCUT2D eigenvalue weighted by Gasteiger charge is -2.27. The van der Waals surface area contributed by atoms with E-state index in [4.69, 9.17) is 14.5 Å². The molecule has 1 unspecified atom stereocenters. The Balaban J connectivity index is 1.75. The highest BCUT2D eigenvalue weighted by atomic mass is 16.7. The predicted octanol–water partition coefficient (Wildman–Crippen LogP) is 5.79. The zero-order valence-corrected chi connectivity index (χ0v) is 18.8. The van der Waals surface area contributed by atoms with Gasteiger partial charge in [-0.2, -0.15) is 0 Å². The number of rotatable bonds is 5. The van der Waals surface area contributed by atoms with Crippen molar-refractivity contribution in [3.05, 3.63) is 102 Å². The van der Waals surface area contributed by atoms with Crippen LogP contribution in [0.3, 0.4) is 0 Å². The summed E-state index contributed by atoms with van der Waals surface area (Å²) < 4.78 is 15.1. The fourth-order valence-corrected chi connectivity index (χ4v) is 4.23. The number of benzene rings is 3. The molecule has 0 fully saturated rings. The molecule has 5 heteroatoms. The van der Waals surface area contributed by atoms with Crippen LogP contribution in [0.1, 0.15) is 18.3 Å². The van der Waals surface area contributed by atoms with Gasteiger partial charge in [0.25, 0.3) is 5.52 Å². The van der Waals surface area contributed by atoms with Crippen LogP contribution in [-0.4, -0.2) is 10.1 Å². The van der Waals surface area contributed by atoms with E-state index in [-0.39, 0.29) is 5.75 Å². The Morgan fingerprint density at radius 3 is 2.30 bits per heavy atom. The molecule has 33 heavy (non-hydrogen) atoms. The van der Waals surface area contributed by atoms with Crippen molar-refractivity contribution in [2.75, 3.05) is 0 Å². The summed E-state index contributed by atoms with van der Waals surface area (Å²) in [6.07, 6.45) is 0. The number of phenolic OH excluding ortho intramolecular Hbond substituents is 1. The number of aryl methyl sites for hydroxylation is 2. The largest absolute Gasteiger partial charge is 0.502 e. The Morgan fingerprint density at radius 2 is 1.48 bits per heavy atom. The van der Waals surface area contributed by atoms with Crippen molar-refractivity contribution in [1.82, 2.24) is 4.98 Å². The minimum absolute atomic E-state index is 0.148. The molecule has 2 aromatic heterocycles. The van der Waals surface area contributed by atoms with E-state index in [9.17, 15) is 5.11 Å². The summed E-state index contributed by atoms with van der Waals surface area (Å²) in [5.74, 6) is 0.0518. The number of fused-ring (bicyclic) bond motifs is 2. The van der Waals surface area contributed by atoms with Gasteiger partial charge in [0.15, 0.2) is 17.2 Å². The van der Waals surface area contributed by atoms with E-state index in [1.54, 1.807) is 6.07 Å². The third kappa shape index (κ3) is 3.82. The number of aromatic hydroxyl groups is 1. The van der Waals surface area contributed by atoms with Gasteiger partial charge in [0.2, 0.25) is 0 Å². The first kappa shape index (κ1) is 20.8. The maximum Gasteiger partial charge on any atom is 0.474 e. The maximum absolute atomic E-state index is 10.8. The summed E-state index contributed by atoms with van der Waals surface area (Å²) >= 11 is 0. The fraction of sp³-hybridized carbons (Fsp3) is 0.143. The molecule has 0 amide bonds. The number of ether oxygens (including phenoxy) is 2. The van der Waals surface area contributed by atoms with Gasteiger partial charge in [-0.3, -0.25) is 0 Å². The quantitative estimate of drug-likeness (QED) is 0.279. The lowest BCUT2D eigenvalue weighted by atomic mass is 10.1. The number of nitrogens with zero attached hydrogens (tertiary/aromatic N) is 2. The van der Waals surface area contributed by atoms with Crippen LogP contribution in [0, 0.1) is 13.8 Å². The van der Waals surface area contributed by atoms with Gasteiger partial charge in [0, 0.05) is 24.1 Å². The highest BCUT2D eigenvalue weighted by molar-refractivity contribution is 5.84. The summed E-state index contributed by atoms with van der Waals surface area (Å²) in [5.41, 5.74) is 3.14. The van der Waals surface area contributed by atoms with E-state index < -0.39 is 5.91 Å². The molecule has 0 radical (unpaired) electrons. The zero-order valence-electron chi connectivity index (χ0n) is 18.8. The molecule has 5 nitrogen and oxygen atoms in total. The Hall–Kier alpha value is -4.12. The van der Waals surface area contributed by atoms with Crippen LogP contribution >= 0.6 is 0 Å². The molecular weight excluding hydrogens is 412 g/mol. The van der Waals surface area contributed by atoms with Crippen LogP contribution in [0.25, 0.3) is 21.8 Å². The summed E-state index contributed by atoms with van der Waals surface area (Å²) in [6, 6.07) is 28.8. The molecule has 0 aliphatic heterocycles. The number of pyridine rings is 2. The Kier molecular flexibility index (Phi) is 5.09. The standard InChI is InChI=1S/C28H24N2O3/c1-19-15-17-21-9-8-14-25(26(21)29-19)33-28(3,32-23-11-5-4-6-12-23)30-20(2)16-18-22-10-7-13-24(31)27(22)30/h4-18H,1-3H3/p+1. The van der Waals surface area contributed by atoms with Crippen molar-refractivity contribution >= 4 is 21.8 Å². The topological polar surface area (TPSA) is 55.5 Å². The minimum atomic E-state index is -1.33. The van der Waals surface area contributed by atoms with E-state index in [1.165, 1.54) is 0 Å². The van der Waals surface area contributed by atoms with Crippen LogP contribution < -0.4 is 14.0 Å². The predicted molar refractivity (Wildman–Crippen MR) is 128 cm³/mol. The molecule has 3 aromatic carbocycles. The van der Waals surface area contributed by atoms with Crippen LogP contribution in [0.15, 0.2) is 91.0 Å². The number of aromatic nitrogens is 2. The number of hydrogen-bond donors (Lipinski definition) is 1. The van der Waals surface area contributed by atoms with Crippen LogP contribution in [0.2, 0.25) is 0 Å². The van der Waals surface area contributed by atoms with Crippen molar-refractivity contribution in [2.24, 2.45) is 0 Å². The molecule has 0 bridgehead atoms. The minimum Gasteiger partial charge on any atom is -0.502 e. The average Bonchev–Trinajstić information content (AvgIpc) is 2.80. The fourth-order valence-electron chi connectivity index (χ4n) is 4.23. The second-order valence-electron chi connectivity index (χ2n) is 8.22. The zero-order chi connectivity index (χ0) is 23.0. The van der Waals surface area contributed by atoms with E-state index in [1.807, 2.05) is 110 Å². The molecule has 0 aliphatic carbocycles. The Bertz CT molecular complexity index is 1470. The van der Waals surface area contributed by atoms with Gasteiger partial charge in [-0.1, -0.05) is 42.5 Å². The lowest BCUT2D eigenvalue weighted by Crippen LogP contribution is -2.63. The van der Waals surface area contributed by atoms with Crippen LogP contribution in [0.4, 0.5) is 0 Å². The molecule has 0 spiro atoms. The third-order valence-electron chi connectivity index (χ3n) is 5.70. The maximum atomic E-state index is 10.8. The number of para-hydroxylation sites is 3. The van der Waals surface area contributed by atoms with Gasteiger partial charge in [-0.05, 0) is 49.4 Å². The molecule has 2 heterocycles. The van der Waals surface area contributed by atoms with Gasteiger partial charge in [0.1, 0.15) is 11.3 Å². The summed E-state index contributed by atoms with van der Waals surface area (Å²) in [7, 11) is 0. The highest BCUT2D eigenvalue weighted by Gasteiger charge is 2.45. The Labute approximate surface area is 192 Å². The van der Waals surface area contributed by atoms with Gasteiger partial charge in [-0.25, -0.2) is 4.98 Å². The molecule has 0 saturated heterocycles. The van der Waals surface area contributed by atoms with Crippen molar-refractivity contribution in [2.45, 2.75) is 26.7 Å². The van der Waals surface area contributed by atoms with Crippen molar-refractivity contribution in [1.29, 1.82) is 0 Å². The van der Waals surface area contributed by atoms with E-state index >= 15 is 0 Å². The van der Waals surface area contributed by atoms with Gasteiger partial charge >= 0.3 is 5.91 Å².